The Bertz CT molecular complexity index is 143. The van der Waals surface area contributed by atoms with Crippen LogP contribution in [0.3, 0.4) is 0 Å². The van der Waals surface area contributed by atoms with E-state index in [9.17, 15) is 4.79 Å². The van der Waals surface area contributed by atoms with Crippen molar-refractivity contribution in [1.29, 1.82) is 0 Å². The maximum Gasteiger partial charge on any atom is 0.372 e. The molecule has 0 amide bonds. The summed E-state index contributed by atoms with van der Waals surface area (Å²) in [5.74, 6) is 0. The first-order chi connectivity index (χ1) is 3.80. The molecule has 0 radical (unpaired) electrons. The summed E-state index contributed by atoms with van der Waals surface area (Å²) >= 11 is 0. The van der Waals surface area contributed by atoms with Crippen molar-refractivity contribution in [2.75, 3.05) is 6.54 Å². The summed E-state index contributed by atoms with van der Waals surface area (Å²) in [4.78, 5) is 10.1. The number of rotatable bonds is 0. The van der Waals surface area contributed by atoms with Gasteiger partial charge >= 0.3 is 5.30 Å². The second kappa shape index (κ2) is 2.28. The van der Waals surface area contributed by atoms with Crippen LogP contribution in [0.2, 0.25) is 0 Å². The van der Waals surface area contributed by atoms with Crippen molar-refractivity contribution in [3.63, 3.8) is 0 Å². The minimum absolute atomic E-state index is 0.637. The molecule has 1 unspecified atom stereocenters. The molecule has 3 nitrogen and oxygen atoms in total. The van der Waals surface area contributed by atoms with Gasteiger partial charge in [0.25, 0.3) is 0 Å². The lowest BCUT2D eigenvalue weighted by atomic mass is 10.5. The average Bonchev–Trinajstić information content (AvgIpc) is 2.12. The van der Waals surface area contributed by atoms with Gasteiger partial charge in [0.15, 0.2) is 0 Å². The molecule has 0 aromatic carbocycles. The first-order valence-corrected chi connectivity index (χ1v) is 3.62. The zero-order chi connectivity index (χ0) is 5.98. The molecule has 1 aliphatic rings. The smallest absolute Gasteiger partial charge is 0.372 e. The number of hydrogen-bond acceptors (Lipinski definition) is 2. The van der Waals surface area contributed by atoms with Gasteiger partial charge < -0.3 is 5.11 Å². The first-order valence-electron chi connectivity index (χ1n) is 2.33. The molecule has 0 fully saturated rings. The monoisotopic (exact) mass is 133 g/mol. The second-order valence-corrected chi connectivity index (χ2v) is 3.10. The minimum atomic E-state index is -0.748. The van der Waals surface area contributed by atoms with Crippen LogP contribution in [0.5, 0.6) is 0 Å². The molecular weight excluding hydrogens is 126 g/mol. The van der Waals surface area contributed by atoms with Gasteiger partial charge in [0, 0.05) is 6.54 Å². The van der Waals surface area contributed by atoms with Gasteiger partial charge in [-0.15, -0.1) is 0 Å². The molecular formula is C4H7NO2S. The molecule has 8 heavy (non-hydrogen) atoms. The highest BCUT2D eigenvalue weighted by Gasteiger charge is 2.07. The molecule has 1 rings (SSSR count). The predicted molar refractivity (Wildman–Crippen MR) is 34.3 cm³/mol. The topological polar surface area (TPSA) is 49.3 Å². The van der Waals surface area contributed by atoms with Crippen LogP contribution in [0.1, 0.15) is 6.42 Å². The number of nitrogens with one attached hydrogen (secondary N) is 1. The zero-order valence-corrected chi connectivity index (χ0v) is 5.07. The Morgan fingerprint density at radius 2 is 2.62 bits per heavy atom. The summed E-state index contributed by atoms with van der Waals surface area (Å²) in [6.45, 7) is 0.815. The molecule has 0 saturated heterocycles. The van der Waals surface area contributed by atoms with Crippen LogP contribution < -0.4 is 4.72 Å². The summed E-state index contributed by atoms with van der Waals surface area (Å²) in [5, 5.41) is 9.38. The van der Waals surface area contributed by atoms with Crippen molar-refractivity contribution < 1.29 is 9.90 Å². The number of hydrogen-bond donors (Lipinski definition) is 2. The quantitative estimate of drug-likeness (QED) is 0.477. The van der Waals surface area contributed by atoms with Crippen LogP contribution in [0, 0.1) is 0 Å². The molecule has 0 bridgehead atoms. The highest BCUT2D eigenvalue weighted by atomic mass is 32.2. The summed E-state index contributed by atoms with van der Waals surface area (Å²) in [6, 6.07) is 0. The van der Waals surface area contributed by atoms with Crippen molar-refractivity contribution in [3.05, 3.63) is 0 Å². The minimum Gasteiger partial charge on any atom is -0.473 e. The fraction of sp³-hybridized carbons (Fsp3) is 0.500. The Hall–Kier alpha value is -0.350. The predicted octanol–water partition coefficient (Wildman–Crippen LogP) is 0.644. The molecule has 4 heteroatoms. The van der Waals surface area contributed by atoms with E-state index in [2.05, 4.69) is 4.72 Å². The fourth-order valence-corrected chi connectivity index (χ4v) is 1.61. The lowest BCUT2D eigenvalue weighted by molar-refractivity contribution is 0.222. The van der Waals surface area contributed by atoms with Crippen molar-refractivity contribution in [2.24, 2.45) is 0 Å². The molecule has 2 N–H and O–H groups in total. The summed E-state index contributed by atoms with van der Waals surface area (Å²) in [7, 11) is -0.637. The maximum absolute atomic E-state index is 10.1. The van der Waals surface area contributed by atoms with Crippen LogP contribution in [-0.2, 0) is 0 Å². The molecule has 0 aromatic heterocycles. The third-order valence-corrected chi connectivity index (χ3v) is 2.33. The van der Waals surface area contributed by atoms with E-state index in [0.29, 0.717) is 0 Å². The fourth-order valence-electron chi connectivity index (χ4n) is 0.538. The Balaban J connectivity index is 2.57. The highest BCUT2D eigenvalue weighted by Crippen LogP contribution is 2.11. The van der Waals surface area contributed by atoms with E-state index >= 15 is 0 Å². The molecule has 0 aliphatic carbocycles. The van der Waals surface area contributed by atoms with Gasteiger partial charge in [0.05, 0.1) is 0 Å². The largest absolute Gasteiger partial charge is 0.473 e. The van der Waals surface area contributed by atoms with E-state index < -0.39 is 16.0 Å². The molecule has 1 heterocycles. The molecule has 0 aromatic rings. The van der Waals surface area contributed by atoms with Crippen molar-refractivity contribution in [1.82, 2.24) is 4.72 Å². The average molecular weight is 133 g/mol. The lowest BCUT2D eigenvalue weighted by Gasteiger charge is -1.92. The van der Waals surface area contributed by atoms with Gasteiger partial charge in [-0.25, -0.2) is 4.79 Å². The van der Waals surface area contributed by atoms with Gasteiger partial charge in [-0.2, -0.15) is 0 Å². The van der Waals surface area contributed by atoms with E-state index in [1.165, 1.54) is 0 Å². The Kier molecular flexibility index (Phi) is 1.65. The van der Waals surface area contributed by atoms with Crippen LogP contribution in [0.15, 0.2) is 0 Å². The lowest BCUT2D eigenvalue weighted by Crippen LogP contribution is -2.04. The first kappa shape index (κ1) is 5.78. The third kappa shape index (κ3) is 1.08. The highest BCUT2D eigenvalue weighted by molar-refractivity contribution is 8.25. The van der Waals surface area contributed by atoms with Crippen LogP contribution in [0.4, 0.5) is 4.79 Å². The molecule has 1 atom stereocenters. The van der Waals surface area contributed by atoms with E-state index in [4.69, 9.17) is 5.11 Å². The zero-order valence-electron chi connectivity index (χ0n) is 4.26. The normalized spacial score (nSPS) is 27.2. The number of carbonyl (C=O) groups is 1. The molecule has 0 spiro atoms. The van der Waals surface area contributed by atoms with Gasteiger partial charge in [-0.1, -0.05) is 0 Å². The third-order valence-electron chi connectivity index (χ3n) is 0.875. The van der Waals surface area contributed by atoms with Gasteiger partial charge in [-0.3, -0.25) is 4.72 Å². The Morgan fingerprint density at radius 1 is 1.88 bits per heavy atom. The van der Waals surface area contributed by atoms with Gasteiger partial charge in [0.1, 0.15) is 0 Å². The van der Waals surface area contributed by atoms with Gasteiger partial charge in [-0.05, 0) is 22.5 Å². The van der Waals surface area contributed by atoms with E-state index in [0.717, 1.165) is 13.0 Å². The molecule has 46 valence electrons. The van der Waals surface area contributed by atoms with E-state index in [-0.39, 0.29) is 0 Å². The summed E-state index contributed by atoms with van der Waals surface area (Å²) in [6.07, 6.45) is 0.884. The Labute approximate surface area is 49.8 Å². The maximum atomic E-state index is 10.1. The standard InChI is InChI=1S/C4H7NO2S/c6-4(7)8-3-1-2-5-8/h3,5H,1-2H2,(H,6,7). The summed E-state index contributed by atoms with van der Waals surface area (Å²) in [5.41, 5.74) is 0. The summed E-state index contributed by atoms with van der Waals surface area (Å²) < 4.78 is 2.83. The Morgan fingerprint density at radius 3 is 2.88 bits per heavy atom. The molecule has 0 saturated carbocycles. The van der Waals surface area contributed by atoms with E-state index in [1.54, 1.807) is 5.37 Å². The van der Waals surface area contributed by atoms with Crippen LogP contribution in [-0.4, -0.2) is 22.3 Å². The van der Waals surface area contributed by atoms with Crippen LogP contribution >= 0.6 is 10.7 Å². The van der Waals surface area contributed by atoms with Gasteiger partial charge in [0.2, 0.25) is 0 Å². The van der Waals surface area contributed by atoms with Crippen molar-refractivity contribution >= 4 is 21.3 Å². The number of carboxylic acid groups (broad SMARTS) is 1. The van der Waals surface area contributed by atoms with Crippen LogP contribution in [0.25, 0.3) is 0 Å². The van der Waals surface area contributed by atoms with E-state index in [1.807, 2.05) is 0 Å². The molecule has 1 aliphatic heterocycles. The van der Waals surface area contributed by atoms with Crippen molar-refractivity contribution in [3.8, 4) is 0 Å². The van der Waals surface area contributed by atoms with Crippen molar-refractivity contribution in [2.45, 2.75) is 6.42 Å². The SMILES string of the molecule is O=C(O)S1=CCCN1. The second-order valence-electron chi connectivity index (χ2n) is 1.45.